The lowest BCUT2D eigenvalue weighted by Gasteiger charge is -2.08. The molecule has 2 aromatic carbocycles. The number of halogens is 3. The molecule has 0 bridgehead atoms. The second-order valence-electron chi connectivity index (χ2n) is 4.60. The van der Waals surface area contributed by atoms with Gasteiger partial charge in [-0.05, 0) is 30.3 Å². The molecule has 0 atom stereocenters. The van der Waals surface area contributed by atoms with Crippen LogP contribution in [0.5, 0.6) is 0 Å². The second-order valence-corrected chi connectivity index (χ2v) is 5.01. The van der Waals surface area contributed by atoms with E-state index in [0.717, 1.165) is 18.3 Å². The van der Waals surface area contributed by atoms with Crippen molar-refractivity contribution >= 4 is 34.6 Å². The molecule has 0 fully saturated rings. The molecule has 4 N–H and O–H groups in total. The summed E-state index contributed by atoms with van der Waals surface area (Å²) in [7, 11) is 0. The maximum atomic E-state index is 13.5. The molecule has 0 unspecified atom stereocenters. The summed E-state index contributed by atoms with van der Waals surface area (Å²) in [6, 6.07) is 9.33. The molecule has 0 aliphatic heterocycles. The highest BCUT2D eigenvalue weighted by atomic mass is 35.5. The van der Waals surface area contributed by atoms with E-state index in [1.807, 2.05) is 0 Å². The van der Waals surface area contributed by atoms with Crippen LogP contribution in [0.3, 0.4) is 0 Å². The van der Waals surface area contributed by atoms with Gasteiger partial charge in [0.2, 0.25) is 0 Å². The van der Waals surface area contributed by atoms with Gasteiger partial charge in [0.1, 0.15) is 29.0 Å². The smallest absolute Gasteiger partial charge is 0.267 e. The van der Waals surface area contributed by atoms with Crippen LogP contribution in [0.2, 0.25) is 5.02 Å². The average molecular weight is 349 g/mol. The lowest BCUT2D eigenvalue weighted by atomic mass is 10.2. The number of nitriles is 1. The number of benzene rings is 2. The standard InChI is InChI=1S/C16H11ClF2N4O/c17-11-6-10(21)4-5-14(11)23-16(24)9(7-20)8-22-15-12(18)2-1-3-13(15)19/h1-6,8,22H,21H2,(H,23,24)/b9-8-. The third kappa shape index (κ3) is 4.00. The van der Waals surface area contributed by atoms with E-state index in [9.17, 15) is 13.6 Å². The number of rotatable bonds is 4. The number of nitrogen functional groups attached to an aromatic ring is 1. The third-order valence-corrected chi connectivity index (χ3v) is 3.24. The highest BCUT2D eigenvalue weighted by Gasteiger charge is 2.13. The van der Waals surface area contributed by atoms with Crippen molar-refractivity contribution < 1.29 is 13.6 Å². The maximum Gasteiger partial charge on any atom is 0.267 e. The van der Waals surface area contributed by atoms with Crippen molar-refractivity contribution in [3.8, 4) is 6.07 Å². The van der Waals surface area contributed by atoms with Gasteiger partial charge in [0.05, 0.1) is 10.7 Å². The van der Waals surface area contributed by atoms with E-state index < -0.39 is 28.8 Å². The second kappa shape index (κ2) is 7.44. The van der Waals surface area contributed by atoms with E-state index in [2.05, 4.69) is 10.6 Å². The first-order valence-electron chi connectivity index (χ1n) is 6.59. The van der Waals surface area contributed by atoms with Crippen LogP contribution in [0, 0.1) is 23.0 Å². The SMILES string of the molecule is N#C/C(=C/Nc1c(F)cccc1F)C(=O)Nc1ccc(N)cc1Cl. The van der Waals surface area contributed by atoms with Crippen LogP contribution in [0.15, 0.2) is 48.2 Å². The Labute approximate surface area is 141 Å². The van der Waals surface area contributed by atoms with E-state index in [1.54, 1.807) is 6.07 Å². The fraction of sp³-hybridized carbons (Fsp3) is 0. The van der Waals surface area contributed by atoms with Crippen LogP contribution >= 0.6 is 11.6 Å². The normalized spacial score (nSPS) is 10.8. The summed E-state index contributed by atoms with van der Waals surface area (Å²) < 4.78 is 27.0. The van der Waals surface area contributed by atoms with Crippen LogP contribution in [0.25, 0.3) is 0 Å². The number of nitrogens with one attached hydrogen (secondary N) is 2. The van der Waals surface area contributed by atoms with Gasteiger partial charge in [-0.25, -0.2) is 8.78 Å². The fourth-order valence-electron chi connectivity index (χ4n) is 1.75. The van der Waals surface area contributed by atoms with E-state index >= 15 is 0 Å². The summed E-state index contributed by atoms with van der Waals surface area (Å²) >= 11 is 5.92. The molecular weight excluding hydrogens is 338 g/mol. The molecule has 0 aliphatic carbocycles. The van der Waals surface area contributed by atoms with Crippen molar-refractivity contribution in [1.29, 1.82) is 5.26 Å². The topological polar surface area (TPSA) is 90.9 Å². The summed E-state index contributed by atoms with van der Waals surface area (Å²) in [5, 5.41) is 13.9. The predicted octanol–water partition coefficient (Wildman–Crippen LogP) is 3.66. The van der Waals surface area contributed by atoms with Crippen molar-refractivity contribution in [3.63, 3.8) is 0 Å². The van der Waals surface area contributed by atoms with Crippen LogP contribution in [-0.2, 0) is 4.79 Å². The van der Waals surface area contributed by atoms with Gasteiger partial charge in [-0.1, -0.05) is 17.7 Å². The van der Waals surface area contributed by atoms with Crippen molar-refractivity contribution in [2.45, 2.75) is 0 Å². The Morgan fingerprint density at radius 2 is 1.92 bits per heavy atom. The van der Waals surface area contributed by atoms with E-state index in [0.29, 0.717) is 5.69 Å². The molecule has 2 aromatic rings. The molecule has 1 amide bonds. The monoisotopic (exact) mass is 348 g/mol. The summed E-state index contributed by atoms with van der Waals surface area (Å²) in [4.78, 5) is 12.1. The van der Waals surface area contributed by atoms with Crippen LogP contribution in [0.1, 0.15) is 0 Å². The minimum absolute atomic E-state index is 0.189. The van der Waals surface area contributed by atoms with Gasteiger partial charge in [0.15, 0.2) is 0 Å². The van der Waals surface area contributed by atoms with Crippen LogP contribution in [-0.4, -0.2) is 5.91 Å². The van der Waals surface area contributed by atoms with E-state index in [1.165, 1.54) is 24.3 Å². The molecule has 0 aliphatic rings. The maximum absolute atomic E-state index is 13.5. The Bertz CT molecular complexity index is 841. The number of hydrogen-bond donors (Lipinski definition) is 3. The zero-order chi connectivity index (χ0) is 17.7. The quantitative estimate of drug-likeness (QED) is 0.447. The number of amides is 1. The van der Waals surface area contributed by atoms with Crippen molar-refractivity contribution in [1.82, 2.24) is 0 Å². The average Bonchev–Trinajstić information content (AvgIpc) is 2.53. The molecule has 2 rings (SSSR count). The Kier molecular flexibility index (Phi) is 5.35. The van der Waals surface area contributed by atoms with Crippen LogP contribution in [0.4, 0.5) is 25.8 Å². The molecule has 24 heavy (non-hydrogen) atoms. The highest BCUT2D eigenvalue weighted by Crippen LogP contribution is 2.24. The van der Waals surface area contributed by atoms with Gasteiger partial charge >= 0.3 is 0 Å². The molecule has 0 saturated carbocycles. The number of nitrogens with zero attached hydrogens (tertiary/aromatic N) is 1. The fourth-order valence-corrected chi connectivity index (χ4v) is 1.99. The molecule has 5 nitrogen and oxygen atoms in total. The number of carbonyl (C=O) groups is 1. The van der Waals surface area contributed by atoms with Gasteiger partial charge in [-0.15, -0.1) is 0 Å². The van der Waals surface area contributed by atoms with Crippen molar-refractivity contribution in [2.24, 2.45) is 0 Å². The Morgan fingerprint density at radius 3 is 2.50 bits per heavy atom. The molecule has 0 radical (unpaired) electrons. The number of nitrogens with two attached hydrogens (primary N) is 1. The van der Waals surface area contributed by atoms with Gasteiger partial charge in [-0.3, -0.25) is 4.79 Å². The van der Waals surface area contributed by atoms with Gasteiger partial charge in [0, 0.05) is 11.9 Å². The van der Waals surface area contributed by atoms with E-state index in [-0.39, 0.29) is 10.7 Å². The minimum Gasteiger partial charge on any atom is -0.399 e. The molecule has 0 spiro atoms. The summed E-state index contributed by atoms with van der Waals surface area (Å²) in [5.41, 5.74) is 5.33. The van der Waals surface area contributed by atoms with E-state index in [4.69, 9.17) is 22.6 Å². The Morgan fingerprint density at radius 1 is 1.25 bits per heavy atom. The summed E-state index contributed by atoms with van der Waals surface area (Å²) in [6.45, 7) is 0. The lowest BCUT2D eigenvalue weighted by molar-refractivity contribution is -0.112. The first kappa shape index (κ1) is 17.2. The first-order valence-corrected chi connectivity index (χ1v) is 6.97. The predicted molar refractivity (Wildman–Crippen MR) is 88.2 cm³/mol. The molecule has 0 heterocycles. The Hall–Kier alpha value is -3.11. The minimum atomic E-state index is -0.856. The first-order chi connectivity index (χ1) is 11.4. The summed E-state index contributed by atoms with van der Waals surface area (Å²) in [5.74, 6) is -2.51. The number of anilines is 3. The van der Waals surface area contributed by atoms with Gasteiger partial charge < -0.3 is 16.4 Å². The third-order valence-electron chi connectivity index (χ3n) is 2.93. The highest BCUT2D eigenvalue weighted by molar-refractivity contribution is 6.34. The zero-order valence-electron chi connectivity index (χ0n) is 12.1. The van der Waals surface area contributed by atoms with Crippen LogP contribution < -0.4 is 16.4 Å². The molecular formula is C16H11ClF2N4O. The lowest BCUT2D eigenvalue weighted by Crippen LogP contribution is -2.15. The number of para-hydroxylation sites is 1. The Balaban J connectivity index is 2.18. The molecule has 0 saturated heterocycles. The molecule has 122 valence electrons. The van der Waals surface area contributed by atoms with Gasteiger partial charge in [0.25, 0.3) is 5.91 Å². The molecule has 8 heteroatoms. The molecule has 0 aromatic heterocycles. The van der Waals surface area contributed by atoms with Crippen molar-refractivity contribution in [2.75, 3.05) is 16.4 Å². The zero-order valence-corrected chi connectivity index (χ0v) is 12.9. The largest absolute Gasteiger partial charge is 0.399 e. The number of carbonyl (C=O) groups excluding carboxylic acids is 1. The van der Waals surface area contributed by atoms with Crippen molar-refractivity contribution in [3.05, 3.63) is 64.8 Å². The van der Waals surface area contributed by atoms with Gasteiger partial charge in [-0.2, -0.15) is 5.26 Å². The summed E-state index contributed by atoms with van der Waals surface area (Å²) in [6.07, 6.45) is 0.905. The number of hydrogen-bond acceptors (Lipinski definition) is 4.